The van der Waals surface area contributed by atoms with E-state index in [9.17, 15) is 5.26 Å². The van der Waals surface area contributed by atoms with E-state index in [2.05, 4.69) is 46.2 Å². The average molecular weight is 339 g/mol. The van der Waals surface area contributed by atoms with Gasteiger partial charge in [-0.2, -0.15) is 5.26 Å². The van der Waals surface area contributed by atoms with Crippen LogP contribution < -0.4 is 0 Å². The molecule has 1 atom stereocenters. The van der Waals surface area contributed by atoms with Crippen LogP contribution in [0, 0.1) is 11.3 Å². The number of hydrogen-bond donors (Lipinski definition) is 0. The Hall–Kier alpha value is -1.41. The fourth-order valence-corrected chi connectivity index (χ4v) is 5.06. The molecule has 2 heterocycles. The van der Waals surface area contributed by atoms with Crippen molar-refractivity contribution in [2.75, 3.05) is 32.8 Å². The highest BCUT2D eigenvalue weighted by Gasteiger charge is 2.50. The second-order valence-electron chi connectivity index (χ2n) is 8.06. The summed E-state index contributed by atoms with van der Waals surface area (Å²) in [7, 11) is 0. The van der Waals surface area contributed by atoms with Crippen LogP contribution in [0.2, 0.25) is 0 Å². The van der Waals surface area contributed by atoms with Crippen molar-refractivity contribution in [3.8, 4) is 6.07 Å². The van der Waals surface area contributed by atoms with Gasteiger partial charge in [-0.05, 0) is 18.4 Å². The molecule has 3 aliphatic rings. The van der Waals surface area contributed by atoms with Gasteiger partial charge in [0.1, 0.15) is 5.54 Å². The minimum Gasteiger partial charge on any atom is -0.375 e. The fraction of sp³-hybridized carbons (Fsp3) is 0.667. The van der Waals surface area contributed by atoms with Crippen molar-refractivity contribution in [1.29, 1.82) is 5.26 Å². The number of hydrogen-bond acceptors (Lipinski definition) is 4. The topological polar surface area (TPSA) is 39.5 Å². The first-order valence-electron chi connectivity index (χ1n) is 9.80. The lowest BCUT2D eigenvalue weighted by Gasteiger charge is -2.50. The SMILES string of the molecule is N#CC1(N2CCN(Cc3ccccc3)CC2)CCOC2(CCCC2)C1. The molecule has 2 aliphatic heterocycles. The maximum Gasteiger partial charge on any atom is 0.114 e. The Labute approximate surface area is 151 Å². The molecule has 4 nitrogen and oxygen atoms in total. The molecule has 4 rings (SSSR count). The summed E-state index contributed by atoms with van der Waals surface area (Å²) in [6, 6.07) is 13.4. The molecule has 1 unspecified atom stereocenters. The number of ether oxygens (including phenoxy) is 1. The Morgan fingerprint density at radius 2 is 1.72 bits per heavy atom. The quantitative estimate of drug-likeness (QED) is 0.848. The van der Waals surface area contributed by atoms with Crippen LogP contribution in [0.1, 0.15) is 44.1 Å². The second-order valence-corrected chi connectivity index (χ2v) is 8.06. The summed E-state index contributed by atoms with van der Waals surface area (Å²) < 4.78 is 6.19. The summed E-state index contributed by atoms with van der Waals surface area (Å²) in [5, 5.41) is 10.1. The summed E-state index contributed by atoms with van der Waals surface area (Å²) in [4.78, 5) is 4.98. The highest BCUT2D eigenvalue weighted by atomic mass is 16.5. The molecular formula is C21H29N3O. The van der Waals surface area contributed by atoms with Crippen LogP contribution in [0.4, 0.5) is 0 Å². The van der Waals surface area contributed by atoms with Crippen molar-refractivity contribution in [3.63, 3.8) is 0 Å². The molecule has 0 bridgehead atoms. The normalized spacial score (nSPS) is 30.4. The first kappa shape index (κ1) is 17.0. The van der Waals surface area contributed by atoms with Crippen molar-refractivity contribution >= 4 is 0 Å². The van der Waals surface area contributed by atoms with E-state index in [4.69, 9.17) is 4.74 Å². The van der Waals surface area contributed by atoms with Gasteiger partial charge in [0.25, 0.3) is 0 Å². The molecule has 1 spiro atoms. The lowest BCUT2D eigenvalue weighted by molar-refractivity contribution is -0.125. The van der Waals surface area contributed by atoms with Gasteiger partial charge in [0.05, 0.1) is 18.3 Å². The average Bonchev–Trinajstić information content (AvgIpc) is 3.10. The van der Waals surface area contributed by atoms with Crippen LogP contribution in [0.3, 0.4) is 0 Å². The molecule has 0 radical (unpaired) electrons. The highest BCUT2D eigenvalue weighted by Crippen LogP contribution is 2.45. The van der Waals surface area contributed by atoms with Gasteiger partial charge in [0.2, 0.25) is 0 Å². The summed E-state index contributed by atoms with van der Waals surface area (Å²) in [6.07, 6.45) is 6.58. The standard InChI is InChI=1S/C21H29N3O/c22-18-20(10-15-25-21(17-20)8-4-5-9-21)24-13-11-23(12-14-24)16-19-6-2-1-3-7-19/h1-3,6-7H,4-5,8-17H2. The molecule has 3 fully saturated rings. The van der Waals surface area contributed by atoms with E-state index in [-0.39, 0.29) is 11.1 Å². The van der Waals surface area contributed by atoms with E-state index in [0.29, 0.717) is 0 Å². The van der Waals surface area contributed by atoms with E-state index in [1.54, 1.807) is 0 Å². The van der Waals surface area contributed by atoms with E-state index in [1.807, 2.05) is 0 Å². The Morgan fingerprint density at radius 1 is 1.00 bits per heavy atom. The minimum absolute atomic E-state index is 0.00481. The number of nitriles is 1. The molecule has 0 aromatic heterocycles. The van der Waals surface area contributed by atoms with Gasteiger partial charge in [-0.1, -0.05) is 43.2 Å². The largest absolute Gasteiger partial charge is 0.375 e. The van der Waals surface area contributed by atoms with E-state index in [0.717, 1.165) is 65.0 Å². The predicted molar refractivity (Wildman–Crippen MR) is 98.0 cm³/mol. The molecule has 1 aromatic carbocycles. The zero-order valence-corrected chi connectivity index (χ0v) is 15.1. The Kier molecular flexibility index (Phi) is 4.82. The van der Waals surface area contributed by atoms with Crippen LogP contribution in [-0.2, 0) is 11.3 Å². The maximum absolute atomic E-state index is 10.1. The maximum atomic E-state index is 10.1. The van der Waals surface area contributed by atoms with E-state index in [1.165, 1.54) is 18.4 Å². The van der Waals surface area contributed by atoms with Gasteiger partial charge in [-0.3, -0.25) is 9.80 Å². The Morgan fingerprint density at radius 3 is 2.40 bits per heavy atom. The van der Waals surface area contributed by atoms with Gasteiger partial charge in [0.15, 0.2) is 0 Å². The summed E-state index contributed by atoms with van der Waals surface area (Å²) in [5.41, 5.74) is 1.07. The zero-order valence-electron chi connectivity index (χ0n) is 15.1. The van der Waals surface area contributed by atoms with Crippen molar-refractivity contribution in [2.45, 2.75) is 56.2 Å². The molecule has 4 heteroatoms. The molecular weight excluding hydrogens is 310 g/mol. The third-order valence-corrected chi connectivity index (χ3v) is 6.49. The molecule has 134 valence electrons. The van der Waals surface area contributed by atoms with Crippen molar-refractivity contribution in [1.82, 2.24) is 9.80 Å². The number of nitrogens with zero attached hydrogens (tertiary/aromatic N) is 3. The van der Waals surface area contributed by atoms with Crippen LogP contribution in [-0.4, -0.2) is 53.7 Å². The highest BCUT2D eigenvalue weighted by molar-refractivity contribution is 5.17. The summed E-state index contributed by atoms with van der Waals surface area (Å²) >= 11 is 0. The van der Waals surface area contributed by atoms with E-state index < -0.39 is 0 Å². The first-order valence-corrected chi connectivity index (χ1v) is 9.80. The van der Waals surface area contributed by atoms with Gasteiger partial charge in [-0.25, -0.2) is 0 Å². The van der Waals surface area contributed by atoms with Gasteiger partial charge in [-0.15, -0.1) is 0 Å². The van der Waals surface area contributed by atoms with Crippen molar-refractivity contribution < 1.29 is 4.74 Å². The van der Waals surface area contributed by atoms with Crippen LogP contribution in [0.15, 0.2) is 30.3 Å². The summed E-state index contributed by atoms with van der Waals surface area (Å²) in [6.45, 7) is 5.85. The summed E-state index contributed by atoms with van der Waals surface area (Å²) in [5.74, 6) is 0. The first-order chi connectivity index (χ1) is 12.2. The molecule has 25 heavy (non-hydrogen) atoms. The third-order valence-electron chi connectivity index (χ3n) is 6.49. The van der Waals surface area contributed by atoms with Crippen molar-refractivity contribution in [3.05, 3.63) is 35.9 Å². The third kappa shape index (κ3) is 3.46. The molecule has 1 saturated carbocycles. The number of rotatable bonds is 3. The molecule has 0 N–H and O–H groups in total. The van der Waals surface area contributed by atoms with Gasteiger partial charge < -0.3 is 4.74 Å². The Bertz CT molecular complexity index is 612. The lowest BCUT2D eigenvalue weighted by Crippen LogP contribution is -2.61. The molecule has 2 saturated heterocycles. The molecule has 0 amide bonds. The zero-order chi connectivity index (χ0) is 17.2. The number of piperazine rings is 1. The number of benzene rings is 1. The Balaban J connectivity index is 1.39. The van der Waals surface area contributed by atoms with Crippen LogP contribution in [0.5, 0.6) is 0 Å². The smallest absolute Gasteiger partial charge is 0.114 e. The van der Waals surface area contributed by atoms with Gasteiger partial charge in [0, 0.05) is 45.6 Å². The fourth-order valence-electron chi connectivity index (χ4n) is 5.06. The minimum atomic E-state index is -0.304. The monoisotopic (exact) mass is 339 g/mol. The van der Waals surface area contributed by atoms with Crippen molar-refractivity contribution in [2.24, 2.45) is 0 Å². The molecule has 1 aliphatic carbocycles. The predicted octanol–water partition coefficient (Wildman–Crippen LogP) is 3.19. The van der Waals surface area contributed by atoms with Gasteiger partial charge >= 0.3 is 0 Å². The van der Waals surface area contributed by atoms with Crippen LogP contribution in [0.25, 0.3) is 0 Å². The second kappa shape index (κ2) is 7.07. The van der Waals surface area contributed by atoms with Crippen LogP contribution >= 0.6 is 0 Å². The lowest BCUT2D eigenvalue weighted by atomic mass is 9.78. The molecule has 1 aromatic rings. The van der Waals surface area contributed by atoms with E-state index >= 15 is 0 Å².